The Kier molecular flexibility index (Phi) is 3.92. The van der Waals surface area contributed by atoms with Crippen LogP contribution in [0.4, 0.5) is 8.78 Å². The SMILES string of the molecule is Cc1sc(-c2cccc(C(=O)O)c2)nc1-c1ccc(F)cc1F. The van der Waals surface area contributed by atoms with Crippen molar-refractivity contribution < 1.29 is 18.7 Å². The predicted molar refractivity (Wildman–Crippen MR) is 84.6 cm³/mol. The first-order valence-corrected chi connectivity index (χ1v) is 7.54. The molecule has 1 aromatic heterocycles. The van der Waals surface area contributed by atoms with E-state index >= 15 is 0 Å². The van der Waals surface area contributed by atoms with Gasteiger partial charge in [0.1, 0.15) is 16.6 Å². The molecule has 1 heterocycles. The van der Waals surface area contributed by atoms with Crippen LogP contribution in [-0.4, -0.2) is 16.1 Å². The van der Waals surface area contributed by atoms with Gasteiger partial charge in [-0.3, -0.25) is 0 Å². The number of aromatic carboxylic acids is 1. The van der Waals surface area contributed by atoms with Gasteiger partial charge in [-0.05, 0) is 31.2 Å². The lowest BCUT2D eigenvalue weighted by Crippen LogP contribution is -1.95. The van der Waals surface area contributed by atoms with Crippen molar-refractivity contribution in [3.8, 4) is 21.8 Å². The van der Waals surface area contributed by atoms with Crippen molar-refractivity contribution in [2.24, 2.45) is 0 Å². The Morgan fingerprint density at radius 1 is 1.17 bits per heavy atom. The van der Waals surface area contributed by atoms with Crippen LogP contribution in [0.15, 0.2) is 42.5 Å². The molecule has 0 amide bonds. The van der Waals surface area contributed by atoms with Crippen LogP contribution in [0.3, 0.4) is 0 Å². The molecule has 116 valence electrons. The number of nitrogens with zero attached hydrogens (tertiary/aromatic N) is 1. The Hall–Kier alpha value is -2.60. The van der Waals surface area contributed by atoms with Gasteiger partial charge in [-0.15, -0.1) is 11.3 Å². The summed E-state index contributed by atoms with van der Waals surface area (Å²) < 4.78 is 27.0. The number of carboxylic acids is 1. The first-order chi connectivity index (χ1) is 11.0. The molecule has 1 N–H and O–H groups in total. The van der Waals surface area contributed by atoms with Crippen LogP contribution in [0, 0.1) is 18.6 Å². The van der Waals surface area contributed by atoms with Gasteiger partial charge in [0.25, 0.3) is 0 Å². The highest BCUT2D eigenvalue weighted by molar-refractivity contribution is 7.15. The molecule has 0 aliphatic rings. The highest BCUT2D eigenvalue weighted by Crippen LogP contribution is 2.34. The van der Waals surface area contributed by atoms with E-state index in [1.165, 1.54) is 35.6 Å². The lowest BCUT2D eigenvalue weighted by Gasteiger charge is -2.01. The summed E-state index contributed by atoms with van der Waals surface area (Å²) >= 11 is 1.33. The van der Waals surface area contributed by atoms with Crippen LogP contribution < -0.4 is 0 Å². The van der Waals surface area contributed by atoms with Crippen LogP contribution in [-0.2, 0) is 0 Å². The van der Waals surface area contributed by atoms with Gasteiger partial charge in [0.15, 0.2) is 0 Å². The molecule has 2 aromatic carbocycles. The maximum Gasteiger partial charge on any atom is 0.335 e. The quantitative estimate of drug-likeness (QED) is 0.752. The third-order valence-electron chi connectivity index (χ3n) is 3.34. The number of rotatable bonds is 3. The first-order valence-electron chi connectivity index (χ1n) is 6.72. The number of carbonyl (C=O) groups is 1. The minimum absolute atomic E-state index is 0.157. The summed E-state index contributed by atoms with van der Waals surface area (Å²) in [5.41, 5.74) is 1.46. The van der Waals surface area contributed by atoms with Crippen molar-refractivity contribution in [3.63, 3.8) is 0 Å². The Morgan fingerprint density at radius 2 is 1.96 bits per heavy atom. The van der Waals surface area contributed by atoms with Gasteiger partial charge >= 0.3 is 5.97 Å². The summed E-state index contributed by atoms with van der Waals surface area (Å²) in [6, 6.07) is 9.74. The third kappa shape index (κ3) is 2.98. The van der Waals surface area contributed by atoms with E-state index in [0.29, 0.717) is 16.3 Å². The van der Waals surface area contributed by atoms with Crippen molar-refractivity contribution in [1.82, 2.24) is 4.98 Å². The summed E-state index contributed by atoms with van der Waals surface area (Å²) in [5, 5.41) is 9.64. The fraction of sp³-hybridized carbons (Fsp3) is 0.0588. The molecule has 0 atom stereocenters. The van der Waals surface area contributed by atoms with Crippen molar-refractivity contribution in [2.45, 2.75) is 6.92 Å². The van der Waals surface area contributed by atoms with Gasteiger partial charge in [0.2, 0.25) is 0 Å². The zero-order valence-corrected chi connectivity index (χ0v) is 12.8. The average Bonchev–Trinajstić information content (AvgIpc) is 2.89. The van der Waals surface area contributed by atoms with E-state index in [2.05, 4.69) is 4.98 Å². The average molecular weight is 331 g/mol. The summed E-state index contributed by atoms with van der Waals surface area (Å²) in [4.78, 5) is 16.2. The Bertz CT molecular complexity index is 905. The summed E-state index contributed by atoms with van der Waals surface area (Å²) in [6.07, 6.45) is 0. The molecular weight excluding hydrogens is 320 g/mol. The maximum absolute atomic E-state index is 13.9. The summed E-state index contributed by atoms with van der Waals surface area (Å²) in [6.45, 7) is 1.79. The van der Waals surface area contributed by atoms with Gasteiger partial charge in [0.05, 0.1) is 11.3 Å². The van der Waals surface area contributed by atoms with E-state index in [4.69, 9.17) is 5.11 Å². The normalized spacial score (nSPS) is 10.7. The molecular formula is C17H11F2NO2S. The van der Waals surface area contributed by atoms with Crippen molar-refractivity contribution in [3.05, 3.63) is 64.5 Å². The molecule has 3 nitrogen and oxygen atoms in total. The second-order valence-corrected chi connectivity index (χ2v) is 6.14. The van der Waals surface area contributed by atoms with E-state index < -0.39 is 17.6 Å². The molecule has 0 aliphatic carbocycles. The minimum atomic E-state index is -1.02. The van der Waals surface area contributed by atoms with Crippen LogP contribution in [0.1, 0.15) is 15.2 Å². The lowest BCUT2D eigenvalue weighted by atomic mass is 10.1. The molecule has 0 unspecified atom stereocenters. The second kappa shape index (κ2) is 5.89. The number of thiazole rings is 1. The molecule has 0 saturated carbocycles. The second-order valence-electron chi connectivity index (χ2n) is 4.93. The van der Waals surface area contributed by atoms with Gasteiger partial charge in [-0.1, -0.05) is 12.1 Å². The van der Waals surface area contributed by atoms with Crippen LogP contribution in [0.25, 0.3) is 21.8 Å². The van der Waals surface area contributed by atoms with E-state index in [0.717, 1.165) is 10.9 Å². The molecule has 0 fully saturated rings. The maximum atomic E-state index is 13.9. The Morgan fingerprint density at radius 3 is 2.65 bits per heavy atom. The Labute approximate surface area is 134 Å². The smallest absolute Gasteiger partial charge is 0.335 e. The molecule has 3 rings (SSSR count). The Balaban J connectivity index is 2.08. The summed E-state index contributed by atoms with van der Waals surface area (Å²) in [5.74, 6) is -2.34. The van der Waals surface area contributed by atoms with Crippen molar-refractivity contribution in [1.29, 1.82) is 0 Å². The van der Waals surface area contributed by atoms with Crippen molar-refractivity contribution >= 4 is 17.3 Å². The monoisotopic (exact) mass is 331 g/mol. The highest BCUT2D eigenvalue weighted by atomic mass is 32.1. The zero-order valence-electron chi connectivity index (χ0n) is 12.0. The van der Waals surface area contributed by atoms with E-state index in [9.17, 15) is 13.6 Å². The van der Waals surface area contributed by atoms with E-state index in [1.807, 2.05) is 0 Å². The van der Waals surface area contributed by atoms with Crippen LogP contribution in [0.2, 0.25) is 0 Å². The molecule has 0 spiro atoms. The number of carboxylic acid groups (broad SMARTS) is 1. The number of benzene rings is 2. The molecule has 6 heteroatoms. The van der Waals surface area contributed by atoms with Gasteiger partial charge in [-0.25, -0.2) is 18.6 Å². The molecule has 0 radical (unpaired) electrons. The predicted octanol–water partition coefficient (Wildman–Crippen LogP) is 4.76. The fourth-order valence-corrected chi connectivity index (χ4v) is 3.16. The number of aromatic nitrogens is 1. The van der Waals surface area contributed by atoms with Crippen LogP contribution in [0.5, 0.6) is 0 Å². The number of hydrogen-bond donors (Lipinski definition) is 1. The van der Waals surface area contributed by atoms with E-state index in [-0.39, 0.29) is 11.1 Å². The molecule has 0 bridgehead atoms. The first kappa shape index (κ1) is 15.3. The topological polar surface area (TPSA) is 50.2 Å². The zero-order chi connectivity index (χ0) is 16.6. The number of hydrogen-bond acceptors (Lipinski definition) is 3. The number of aryl methyl sites for hydroxylation is 1. The fourth-order valence-electron chi connectivity index (χ4n) is 2.24. The van der Waals surface area contributed by atoms with Crippen LogP contribution >= 0.6 is 11.3 Å². The minimum Gasteiger partial charge on any atom is -0.478 e. The van der Waals surface area contributed by atoms with Gasteiger partial charge in [-0.2, -0.15) is 0 Å². The standard InChI is InChI=1S/C17H11F2NO2S/c1-9-15(13-6-5-12(18)8-14(13)19)20-16(23-9)10-3-2-4-11(7-10)17(21)22/h2-8H,1H3,(H,21,22). The van der Waals surface area contributed by atoms with Crippen molar-refractivity contribution in [2.75, 3.05) is 0 Å². The third-order valence-corrected chi connectivity index (χ3v) is 4.36. The molecule has 0 saturated heterocycles. The molecule has 23 heavy (non-hydrogen) atoms. The highest BCUT2D eigenvalue weighted by Gasteiger charge is 2.16. The van der Waals surface area contributed by atoms with E-state index in [1.54, 1.807) is 19.1 Å². The molecule has 3 aromatic rings. The molecule has 0 aliphatic heterocycles. The van der Waals surface area contributed by atoms with Gasteiger partial charge in [0, 0.05) is 22.1 Å². The van der Waals surface area contributed by atoms with Gasteiger partial charge < -0.3 is 5.11 Å². The summed E-state index contributed by atoms with van der Waals surface area (Å²) in [7, 11) is 0. The number of halogens is 2. The largest absolute Gasteiger partial charge is 0.478 e. The lowest BCUT2D eigenvalue weighted by molar-refractivity contribution is 0.0697.